The number of ether oxygens (including phenoxy) is 2. The molecule has 0 saturated carbocycles. The van der Waals surface area contributed by atoms with Crippen LogP contribution < -0.4 is 9.47 Å². The SMILES string of the molecule is CCCOc1ccc(-c2nnc(CCCC(C)(C)C)nc2-c2ccc(OCCC)cc2)cc1. The summed E-state index contributed by atoms with van der Waals surface area (Å²) in [5.74, 6) is 2.51. The largest absolute Gasteiger partial charge is 0.494 e. The lowest BCUT2D eigenvalue weighted by Gasteiger charge is -2.17. The molecule has 5 nitrogen and oxygen atoms in total. The van der Waals surface area contributed by atoms with Gasteiger partial charge >= 0.3 is 0 Å². The Hall–Kier alpha value is -2.95. The lowest BCUT2D eigenvalue weighted by atomic mass is 9.90. The van der Waals surface area contributed by atoms with Crippen LogP contribution in [0.1, 0.15) is 66.1 Å². The van der Waals surface area contributed by atoms with E-state index in [0.717, 1.165) is 71.9 Å². The summed E-state index contributed by atoms with van der Waals surface area (Å²) in [6.45, 7) is 12.4. The van der Waals surface area contributed by atoms with Gasteiger partial charge in [0.1, 0.15) is 22.9 Å². The van der Waals surface area contributed by atoms with Crippen LogP contribution in [0.2, 0.25) is 0 Å². The fourth-order valence-corrected chi connectivity index (χ4v) is 3.50. The first-order valence-electron chi connectivity index (χ1n) is 12.1. The van der Waals surface area contributed by atoms with Crippen molar-refractivity contribution in [2.24, 2.45) is 5.41 Å². The molecular formula is C28H37N3O2. The molecule has 0 aliphatic heterocycles. The van der Waals surface area contributed by atoms with Gasteiger partial charge < -0.3 is 9.47 Å². The van der Waals surface area contributed by atoms with Crippen LogP contribution in [-0.2, 0) is 6.42 Å². The predicted molar refractivity (Wildman–Crippen MR) is 135 cm³/mol. The molecule has 0 fully saturated rings. The Kier molecular flexibility index (Phi) is 8.81. The van der Waals surface area contributed by atoms with Crippen molar-refractivity contribution < 1.29 is 9.47 Å². The van der Waals surface area contributed by atoms with Gasteiger partial charge in [-0.05, 0) is 79.6 Å². The highest BCUT2D eigenvalue weighted by molar-refractivity contribution is 5.77. The van der Waals surface area contributed by atoms with E-state index in [-0.39, 0.29) is 0 Å². The van der Waals surface area contributed by atoms with Crippen LogP contribution in [0.5, 0.6) is 11.5 Å². The van der Waals surface area contributed by atoms with E-state index in [0.29, 0.717) is 18.6 Å². The molecule has 3 rings (SSSR count). The van der Waals surface area contributed by atoms with Gasteiger partial charge in [0.25, 0.3) is 0 Å². The average Bonchev–Trinajstić information content (AvgIpc) is 2.81. The number of benzene rings is 2. The van der Waals surface area contributed by atoms with Crippen LogP contribution in [0.3, 0.4) is 0 Å². The van der Waals surface area contributed by atoms with Crippen LogP contribution in [0.25, 0.3) is 22.5 Å². The van der Waals surface area contributed by atoms with Crippen LogP contribution in [-0.4, -0.2) is 28.4 Å². The number of aromatic nitrogens is 3. The smallest absolute Gasteiger partial charge is 0.151 e. The minimum atomic E-state index is 0.298. The third-order valence-corrected chi connectivity index (χ3v) is 5.26. The number of aryl methyl sites for hydroxylation is 1. The fourth-order valence-electron chi connectivity index (χ4n) is 3.50. The summed E-state index contributed by atoms with van der Waals surface area (Å²) in [6, 6.07) is 16.1. The molecule has 2 aromatic carbocycles. The van der Waals surface area contributed by atoms with Gasteiger partial charge in [-0.3, -0.25) is 0 Å². The predicted octanol–water partition coefficient (Wildman–Crippen LogP) is 7.15. The van der Waals surface area contributed by atoms with E-state index in [1.54, 1.807) is 0 Å². The maximum Gasteiger partial charge on any atom is 0.151 e. The maximum absolute atomic E-state index is 5.75. The molecule has 0 saturated heterocycles. The molecule has 0 amide bonds. The second kappa shape index (κ2) is 11.8. The first kappa shape index (κ1) is 24.7. The second-order valence-corrected chi connectivity index (χ2v) is 9.59. The molecule has 1 aromatic heterocycles. The van der Waals surface area contributed by atoms with Crippen molar-refractivity contribution in [3.05, 3.63) is 54.4 Å². The first-order chi connectivity index (χ1) is 15.9. The van der Waals surface area contributed by atoms with Crippen molar-refractivity contribution in [2.75, 3.05) is 13.2 Å². The standard InChI is InChI=1S/C28H37N3O2/c1-6-19-32-23-14-10-21(11-15-23)26-27(22-12-16-24(17-13-22)33-20-7-2)31-30-25(29-26)9-8-18-28(3,4)5/h10-17H,6-9,18-20H2,1-5H3. The van der Waals surface area contributed by atoms with Crippen LogP contribution in [0.15, 0.2) is 48.5 Å². The average molecular weight is 448 g/mol. The van der Waals surface area contributed by atoms with E-state index in [2.05, 4.69) is 56.9 Å². The van der Waals surface area contributed by atoms with Gasteiger partial charge in [-0.25, -0.2) is 4.98 Å². The number of rotatable bonds is 11. The molecule has 5 heteroatoms. The Morgan fingerprint density at radius 3 is 1.70 bits per heavy atom. The molecular weight excluding hydrogens is 410 g/mol. The Balaban J connectivity index is 1.91. The summed E-state index contributed by atoms with van der Waals surface area (Å²) in [5, 5.41) is 9.09. The molecule has 0 aliphatic carbocycles. The van der Waals surface area contributed by atoms with Crippen molar-refractivity contribution in [3.63, 3.8) is 0 Å². The van der Waals surface area contributed by atoms with E-state index in [9.17, 15) is 0 Å². The van der Waals surface area contributed by atoms with Gasteiger partial charge in [0, 0.05) is 17.5 Å². The monoisotopic (exact) mass is 447 g/mol. The van der Waals surface area contributed by atoms with E-state index in [1.807, 2.05) is 36.4 Å². The molecule has 0 unspecified atom stereocenters. The summed E-state index contributed by atoms with van der Waals surface area (Å²) in [4.78, 5) is 4.96. The summed E-state index contributed by atoms with van der Waals surface area (Å²) in [5.41, 5.74) is 3.90. The summed E-state index contributed by atoms with van der Waals surface area (Å²) in [6.07, 6.45) is 4.94. The summed E-state index contributed by atoms with van der Waals surface area (Å²) < 4.78 is 11.5. The van der Waals surface area contributed by atoms with Gasteiger partial charge in [-0.2, -0.15) is 0 Å². The number of nitrogens with zero attached hydrogens (tertiary/aromatic N) is 3. The first-order valence-corrected chi connectivity index (χ1v) is 12.1. The van der Waals surface area contributed by atoms with Crippen molar-refractivity contribution in [1.82, 2.24) is 15.2 Å². The summed E-state index contributed by atoms with van der Waals surface area (Å²) in [7, 11) is 0. The maximum atomic E-state index is 5.75. The Morgan fingerprint density at radius 1 is 0.697 bits per heavy atom. The Bertz CT molecular complexity index is 993. The molecule has 176 valence electrons. The molecule has 3 aromatic rings. The zero-order chi connectivity index (χ0) is 23.7. The topological polar surface area (TPSA) is 57.1 Å². The van der Waals surface area contributed by atoms with Crippen molar-refractivity contribution in [3.8, 4) is 34.0 Å². The normalized spacial score (nSPS) is 11.4. The minimum absolute atomic E-state index is 0.298. The van der Waals surface area contributed by atoms with E-state index >= 15 is 0 Å². The molecule has 0 radical (unpaired) electrons. The minimum Gasteiger partial charge on any atom is -0.494 e. The Labute approximate surface area is 198 Å². The lowest BCUT2D eigenvalue weighted by molar-refractivity contribution is 0.317. The zero-order valence-corrected chi connectivity index (χ0v) is 20.7. The zero-order valence-electron chi connectivity index (χ0n) is 20.7. The van der Waals surface area contributed by atoms with Crippen molar-refractivity contribution in [2.45, 2.75) is 66.7 Å². The number of hydrogen-bond acceptors (Lipinski definition) is 5. The van der Waals surface area contributed by atoms with E-state index in [1.165, 1.54) is 0 Å². The van der Waals surface area contributed by atoms with Crippen LogP contribution >= 0.6 is 0 Å². The molecule has 1 heterocycles. The third kappa shape index (κ3) is 7.55. The van der Waals surface area contributed by atoms with Gasteiger partial charge in [0.2, 0.25) is 0 Å². The van der Waals surface area contributed by atoms with Gasteiger partial charge in [-0.15, -0.1) is 10.2 Å². The molecule has 0 N–H and O–H groups in total. The molecule has 0 spiro atoms. The molecule has 0 bridgehead atoms. The van der Waals surface area contributed by atoms with Gasteiger partial charge in [0.15, 0.2) is 5.82 Å². The van der Waals surface area contributed by atoms with E-state index < -0.39 is 0 Å². The Morgan fingerprint density at radius 2 is 1.21 bits per heavy atom. The van der Waals surface area contributed by atoms with Crippen LogP contribution in [0, 0.1) is 5.41 Å². The van der Waals surface area contributed by atoms with E-state index in [4.69, 9.17) is 14.5 Å². The molecule has 0 aliphatic rings. The van der Waals surface area contributed by atoms with Gasteiger partial charge in [-0.1, -0.05) is 34.6 Å². The highest BCUT2D eigenvalue weighted by atomic mass is 16.5. The molecule has 33 heavy (non-hydrogen) atoms. The van der Waals surface area contributed by atoms with Crippen molar-refractivity contribution in [1.29, 1.82) is 0 Å². The lowest BCUT2D eigenvalue weighted by Crippen LogP contribution is -2.07. The molecule has 0 atom stereocenters. The third-order valence-electron chi connectivity index (χ3n) is 5.26. The van der Waals surface area contributed by atoms with Crippen molar-refractivity contribution >= 4 is 0 Å². The summed E-state index contributed by atoms with van der Waals surface area (Å²) >= 11 is 0. The van der Waals surface area contributed by atoms with Crippen LogP contribution in [0.4, 0.5) is 0 Å². The second-order valence-electron chi connectivity index (χ2n) is 9.59. The number of hydrogen-bond donors (Lipinski definition) is 0. The van der Waals surface area contributed by atoms with Gasteiger partial charge in [0.05, 0.1) is 13.2 Å². The highest BCUT2D eigenvalue weighted by Crippen LogP contribution is 2.31. The quantitative estimate of drug-likeness (QED) is 0.312. The highest BCUT2D eigenvalue weighted by Gasteiger charge is 2.15. The fraction of sp³-hybridized carbons (Fsp3) is 0.464.